The van der Waals surface area contributed by atoms with Gasteiger partial charge in [-0.15, -0.1) is 0 Å². The second kappa shape index (κ2) is 7.61. The van der Waals surface area contributed by atoms with Crippen molar-refractivity contribution in [2.45, 2.75) is 39.0 Å². The van der Waals surface area contributed by atoms with Crippen LogP contribution in [0.3, 0.4) is 0 Å². The topological polar surface area (TPSA) is 50.8 Å². The van der Waals surface area contributed by atoms with Crippen molar-refractivity contribution in [3.05, 3.63) is 35.9 Å². The third-order valence-electron chi connectivity index (χ3n) is 3.46. The van der Waals surface area contributed by atoms with Crippen molar-refractivity contribution in [1.29, 1.82) is 0 Å². The van der Waals surface area contributed by atoms with Crippen molar-refractivity contribution in [3.63, 3.8) is 0 Å². The molecule has 5 nitrogen and oxygen atoms in total. The van der Waals surface area contributed by atoms with Crippen LogP contribution in [-0.4, -0.2) is 48.9 Å². The average molecular weight is 306 g/mol. The van der Waals surface area contributed by atoms with Crippen LogP contribution >= 0.6 is 0 Å². The fourth-order valence-electron chi connectivity index (χ4n) is 2.42. The van der Waals surface area contributed by atoms with Gasteiger partial charge in [0.05, 0.1) is 19.3 Å². The number of rotatable bonds is 4. The molecule has 0 saturated carbocycles. The van der Waals surface area contributed by atoms with Gasteiger partial charge in [-0.25, -0.2) is 4.79 Å². The van der Waals surface area contributed by atoms with E-state index in [1.165, 1.54) is 5.56 Å². The maximum atomic E-state index is 11.8. The largest absolute Gasteiger partial charge is 0.444 e. The number of nitrogens with zero attached hydrogens (tertiary/aromatic N) is 1. The summed E-state index contributed by atoms with van der Waals surface area (Å²) >= 11 is 0. The van der Waals surface area contributed by atoms with Crippen LogP contribution in [0.25, 0.3) is 0 Å². The Kier molecular flexibility index (Phi) is 5.80. The van der Waals surface area contributed by atoms with Gasteiger partial charge in [0, 0.05) is 19.6 Å². The first-order valence-electron chi connectivity index (χ1n) is 7.76. The molecule has 0 radical (unpaired) electrons. The summed E-state index contributed by atoms with van der Waals surface area (Å²) in [6.07, 6.45) is -0.377. The summed E-state index contributed by atoms with van der Waals surface area (Å²) in [4.78, 5) is 14.1. The highest BCUT2D eigenvalue weighted by atomic mass is 16.6. The first kappa shape index (κ1) is 16.8. The molecule has 22 heavy (non-hydrogen) atoms. The van der Waals surface area contributed by atoms with Crippen LogP contribution in [0.4, 0.5) is 4.79 Å². The van der Waals surface area contributed by atoms with E-state index in [0.717, 1.165) is 19.7 Å². The van der Waals surface area contributed by atoms with Crippen LogP contribution in [0.2, 0.25) is 0 Å². The van der Waals surface area contributed by atoms with E-state index < -0.39 is 5.60 Å². The summed E-state index contributed by atoms with van der Waals surface area (Å²) < 4.78 is 10.8. The molecule has 1 saturated heterocycles. The Morgan fingerprint density at radius 2 is 2.09 bits per heavy atom. The van der Waals surface area contributed by atoms with E-state index in [9.17, 15) is 4.79 Å². The maximum Gasteiger partial charge on any atom is 0.407 e. The molecule has 5 heteroatoms. The first-order chi connectivity index (χ1) is 10.4. The Bertz CT molecular complexity index is 471. The maximum absolute atomic E-state index is 11.8. The fourth-order valence-corrected chi connectivity index (χ4v) is 2.42. The number of nitrogens with one attached hydrogen (secondary N) is 1. The highest BCUT2D eigenvalue weighted by Gasteiger charge is 2.24. The lowest BCUT2D eigenvalue weighted by atomic mass is 10.1. The quantitative estimate of drug-likeness (QED) is 0.928. The predicted octanol–water partition coefficient (Wildman–Crippen LogP) is 2.41. The van der Waals surface area contributed by atoms with Gasteiger partial charge in [-0.3, -0.25) is 4.90 Å². The van der Waals surface area contributed by atoms with E-state index in [4.69, 9.17) is 9.47 Å². The SMILES string of the molecule is CC(C)(C)OC(=O)NCC1COCCN1Cc1ccccc1. The third-order valence-corrected chi connectivity index (χ3v) is 3.46. The van der Waals surface area contributed by atoms with Gasteiger partial charge in [0.1, 0.15) is 5.60 Å². The van der Waals surface area contributed by atoms with Crippen molar-refractivity contribution >= 4 is 6.09 Å². The van der Waals surface area contributed by atoms with Gasteiger partial charge in [-0.05, 0) is 26.3 Å². The van der Waals surface area contributed by atoms with Crippen molar-refractivity contribution in [1.82, 2.24) is 10.2 Å². The molecule has 0 spiro atoms. The third kappa shape index (κ3) is 5.66. The summed E-state index contributed by atoms with van der Waals surface area (Å²) in [6.45, 7) is 9.20. The number of carbonyl (C=O) groups is 1. The Labute approximate surface area is 132 Å². The molecule has 0 aromatic heterocycles. The van der Waals surface area contributed by atoms with Crippen molar-refractivity contribution in [2.75, 3.05) is 26.3 Å². The number of hydrogen-bond acceptors (Lipinski definition) is 4. The molecule has 1 atom stereocenters. The van der Waals surface area contributed by atoms with Gasteiger partial charge in [-0.2, -0.15) is 0 Å². The van der Waals surface area contributed by atoms with E-state index >= 15 is 0 Å². The molecule has 0 aliphatic carbocycles. The van der Waals surface area contributed by atoms with E-state index in [1.807, 2.05) is 39.0 Å². The number of carbonyl (C=O) groups excluding carboxylic acids is 1. The van der Waals surface area contributed by atoms with E-state index in [2.05, 4.69) is 22.3 Å². The number of alkyl carbamates (subject to hydrolysis) is 1. The first-order valence-corrected chi connectivity index (χ1v) is 7.76. The van der Waals surface area contributed by atoms with Crippen LogP contribution in [0.1, 0.15) is 26.3 Å². The van der Waals surface area contributed by atoms with Crippen LogP contribution in [0.5, 0.6) is 0 Å². The molecule has 1 aromatic rings. The van der Waals surface area contributed by atoms with Crippen LogP contribution < -0.4 is 5.32 Å². The van der Waals surface area contributed by atoms with Crippen molar-refractivity contribution in [2.24, 2.45) is 0 Å². The molecule has 1 aliphatic rings. The molecular weight excluding hydrogens is 280 g/mol. The van der Waals surface area contributed by atoms with Crippen LogP contribution in [0.15, 0.2) is 30.3 Å². The zero-order valence-electron chi connectivity index (χ0n) is 13.7. The molecule has 1 fully saturated rings. The second-order valence-corrected chi connectivity index (χ2v) is 6.57. The smallest absolute Gasteiger partial charge is 0.407 e. The van der Waals surface area contributed by atoms with Crippen LogP contribution in [-0.2, 0) is 16.0 Å². The molecule has 1 N–H and O–H groups in total. The van der Waals surface area contributed by atoms with Gasteiger partial charge in [0.15, 0.2) is 0 Å². The Hall–Kier alpha value is -1.59. The molecule has 0 bridgehead atoms. The highest BCUT2D eigenvalue weighted by molar-refractivity contribution is 5.67. The summed E-state index contributed by atoms with van der Waals surface area (Å²) in [5, 5.41) is 2.84. The summed E-state index contributed by atoms with van der Waals surface area (Å²) in [5.74, 6) is 0. The standard InChI is InChI=1S/C17H26N2O3/c1-17(2,3)22-16(20)18-11-15-13-21-10-9-19(15)12-14-7-5-4-6-8-14/h4-8,15H,9-13H2,1-3H3,(H,18,20). The molecule has 2 rings (SSSR count). The number of morpholine rings is 1. The Balaban J connectivity index is 1.86. The lowest BCUT2D eigenvalue weighted by Crippen LogP contribution is -2.51. The van der Waals surface area contributed by atoms with E-state index in [0.29, 0.717) is 13.2 Å². The minimum Gasteiger partial charge on any atom is -0.444 e. The summed E-state index contributed by atoms with van der Waals surface area (Å²) in [5.41, 5.74) is 0.795. The highest BCUT2D eigenvalue weighted by Crippen LogP contribution is 2.12. The van der Waals surface area contributed by atoms with Gasteiger partial charge >= 0.3 is 6.09 Å². The van der Waals surface area contributed by atoms with Gasteiger partial charge in [-0.1, -0.05) is 30.3 Å². The fraction of sp³-hybridized carbons (Fsp3) is 0.588. The monoisotopic (exact) mass is 306 g/mol. The van der Waals surface area contributed by atoms with Crippen molar-refractivity contribution < 1.29 is 14.3 Å². The van der Waals surface area contributed by atoms with Crippen molar-refractivity contribution in [3.8, 4) is 0 Å². The Morgan fingerprint density at radius 1 is 1.36 bits per heavy atom. The minimum absolute atomic E-state index is 0.168. The number of hydrogen-bond donors (Lipinski definition) is 1. The molecule has 1 unspecified atom stereocenters. The van der Waals surface area contributed by atoms with Gasteiger partial charge in [0.2, 0.25) is 0 Å². The summed E-state index contributed by atoms with van der Waals surface area (Å²) in [6, 6.07) is 10.5. The van der Waals surface area contributed by atoms with E-state index in [-0.39, 0.29) is 12.1 Å². The lowest BCUT2D eigenvalue weighted by molar-refractivity contribution is -0.0125. The molecule has 122 valence electrons. The molecule has 1 amide bonds. The molecule has 1 aliphatic heterocycles. The number of ether oxygens (including phenoxy) is 2. The van der Waals surface area contributed by atoms with Gasteiger partial charge < -0.3 is 14.8 Å². The van der Waals surface area contributed by atoms with E-state index in [1.54, 1.807) is 0 Å². The van der Waals surface area contributed by atoms with Crippen LogP contribution in [0, 0.1) is 0 Å². The van der Waals surface area contributed by atoms with Gasteiger partial charge in [0.25, 0.3) is 0 Å². The average Bonchev–Trinajstić information content (AvgIpc) is 2.46. The number of benzene rings is 1. The minimum atomic E-state index is -0.475. The lowest BCUT2D eigenvalue weighted by Gasteiger charge is -2.35. The zero-order chi connectivity index (χ0) is 16.0. The second-order valence-electron chi connectivity index (χ2n) is 6.57. The molecular formula is C17H26N2O3. The Morgan fingerprint density at radius 3 is 2.77 bits per heavy atom. The normalized spacial score (nSPS) is 19.7. The predicted molar refractivity (Wildman–Crippen MR) is 85.7 cm³/mol. The zero-order valence-corrected chi connectivity index (χ0v) is 13.7. The molecule has 1 heterocycles. The summed E-state index contributed by atoms with van der Waals surface area (Å²) in [7, 11) is 0. The number of amides is 1. The molecule has 1 aromatic carbocycles.